The predicted octanol–water partition coefficient (Wildman–Crippen LogP) is 4.59. The van der Waals surface area contributed by atoms with Crippen LogP contribution in [0.25, 0.3) is 6.08 Å². The van der Waals surface area contributed by atoms with E-state index in [4.69, 9.17) is 9.47 Å². The molecule has 2 atom stereocenters. The van der Waals surface area contributed by atoms with Crippen molar-refractivity contribution in [2.75, 3.05) is 14.2 Å². The molecule has 0 radical (unpaired) electrons. The van der Waals surface area contributed by atoms with Gasteiger partial charge in [0, 0.05) is 12.3 Å². The van der Waals surface area contributed by atoms with Crippen molar-refractivity contribution < 1.29 is 9.47 Å². The average Bonchev–Trinajstić information content (AvgIpc) is 2.98. The second-order valence-electron chi connectivity index (χ2n) is 6.01. The van der Waals surface area contributed by atoms with Gasteiger partial charge < -0.3 is 9.47 Å². The number of allylic oxidation sites excluding steroid dienone is 1. The van der Waals surface area contributed by atoms with Crippen molar-refractivity contribution in [3.63, 3.8) is 0 Å². The molecule has 2 aromatic rings. The zero-order valence-electron chi connectivity index (χ0n) is 14.0. The van der Waals surface area contributed by atoms with Gasteiger partial charge in [-0.05, 0) is 41.2 Å². The molecule has 0 spiro atoms. The number of hydrogen-bond donors (Lipinski definition) is 0. The SMILES string of the molecule is COc1ccc(/C=C/[C@H]2Cc3ccccc3C2CC#N)cc1OC. The Morgan fingerprint density at radius 3 is 2.67 bits per heavy atom. The predicted molar refractivity (Wildman–Crippen MR) is 95.2 cm³/mol. The summed E-state index contributed by atoms with van der Waals surface area (Å²) in [5, 5.41) is 9.18. The summed E-state index contributed by atoms with van der Waals surface area (Å²) in [7, 11) is 3.28. The van der Waals surface area contributed by atoms with Crippen LogP contribution in [0, 0.1) is 17.2 Å². The molecule has 24 heavy (non-hydrogen) atoms. The van der Waals surface area contributed by atoms with E-state index in [0.29, 0.717) is 12.3 Å². The summed E-state index contributed by atoms with van der Waals surface area (Å²) in [6.07, 6.45) is 5.89. The fourth-order valence-corrected chi connectivity index (χ4v) is 3.46. The Morgan fingerprint density at radius 1 is 1.12 bits per heavy atom. The molecule has 122 valence electrons. The van der Waals surface area contributed by atoms with E-state index in [-0.39, 0.29) is 5.92 Å². The first-order valence-corrected chi connectivity index (χ1v) is 8.11. The lowest BCUT2D eigenvalue weighted by molar-refractivity contribution is 0.355. The fourth-order valence-electron chi connectivity index (χ4n) is 3.46. The quantitative estimate of drug-likeness (QED) is 0.809. The van der Waals surface area contributed by atoms with Gasteiger partial charge in [0.15, 0.2) is 11.5 Å². The highest BCUT2D eigenvalue weighted by Gasteiger charge is 2.30. The Bertz CT molecular complexity index is 789. The van der Waals surface area contributed by atoms with Gasteiger partial charge in [-0.15, -0.1) is 0 Å². The number of rotatable bonds is 5. The molecule has 0 aromatic heterocycles. The van der Waals surface area contributed by atoms with E-state index in [1.54, 1.807) is 14.2 Å². The summed E-state index contributed by atoms with van der Waals surface area (Å²) in [6.45, 7) is 0. The second kappa shape index (κ2) is 7.23. The van der Waals surface area contributed by atoms with E-state index in [2.05, 4.69) is 42.5 Å². The molecule has 0 N–H and O–H groups in total. The molecule has 3 heteroatoms. The van der Waals surface area contributed by atoms with Gasteiger partial charge in [-0.25, -0.2) is 0 Å². The van der Waals surface area contributed by atoms with Gasteiger partial charge in [0.05, 0.1) is 20.3 Å². The van der Waals surface area contributed by atoms with Crippen LogP contribution in [0.15, 0.2) is 48.5 Å². The molecule has 0 bridgehead atoms. The summed E-state index contributed by atoms with van der Waals surface area (Å²) < 4.78 is 10.6. The maximum Gasteiger partial charge on any atom is 0.161 e. The topological polar surface area (TPSA) is 42.2 Å². The van der Waals surface area contributed by atoms with Gasteiger partial charge in [-0.3, -0.25) is 0 Å². The molecule has 0 saturated heterocycles. The van der Waals surface area contributed by atoms with E-state index in [1.165, 1.54) is 11.1 Å². The van der Waals surface area contributed by atoms with Gasteiger partial charge >= 0.3 is 0 Å². The first-order chi connectivity index (χ1) is 11.8. The Kier molecular flexibility index (Phi) is 4.86. The van der Waals surface area contributed by atoms with Crippen LogP contribution in [-0.4, -0.2) is 14.2 Å². The largest absolute Gasteiger partial charge is 0.493 e. The van der Waals surface area contributed by atoms with Crippen molar-refractivity contribution >= 4 is 6.08 Å². The van der Waals surface area contributed by atoms with E-state index >= 15 is 0 Å². The number of hydrogen-bond acceptors (Lipinski definition) is 3. The fraction of sp³-hybridized carbons (Fsp3) is 0.286. The molecular weight excluding hydrogens is 298 g/mol. The molecule has 0 heterocycles. The molecular formula is C21H21NO2. The highest BCUT2D eigenvalue weighted by atomic mass is 16.5. The van der Waals surface area contributed by atoms with Crippen LogP contribution in [0.5, 0.6) is 11.5 Å². The molecule has 0 aliphatic heterocycles. The third-order valence-corrected chi connectivity index (χ3v) is 4.68. The van der Waals surface area contributed by atoms with Crippen LogP contribution in [0.2, 0.25) is 0 Å². The van der Waals surface area contributed by atoms with Crippen LogP contribution in [0.1, 0.15) is 29.0 Å². The molecule has 0 saturated carbocycles. The van der Waals surface area contributed by atoms with E-state index < -0.39 is 0 Å². The Balaban J connectivity index is 1.83. The standard InChI is InChI=1S/C21H21NO2/c1-23-20-10-8-15(13-21(20)24-2)7-9-17-14-16-5-3-4-6-18(16)19(17)11-12-22/h3-10,13,17,19H,11,14H2,1-2H3/b9-7+/t17-,19?/m0/s1. The smallest absolute Gasteiger partial charge is 0.161 e. The van der Waals surface area contributed by atoms with Gasteiger partial charge in [0.25, 0.3) is 0 Å². The Morgan fingerprint density at radius 2 is 1.92 bits per heavy atom. The minimum atomic E-state index is 0.280. The second-order valence-corrected chi connectivity index (χ2v) is 6.01. The number of benzene rings is 2. The van der Waals surface area contributed by atoms with Crippen LogP contribution in [0.4, 0.5) is 0 Å². The van der Waals surface area contributed by atoms with Gasteiger partial charge in [-0.2, -0.15) is 5.26 Å². The summed E-state index contributed by atoms with van der Waals surface area (Å²) in [5.41, 5.74) is 3.75. The normalized spacial score (nSPS) is 19.0. The number of ether oxygens (including phenoxy) is 2. The van der Waals surface area contributed by atoms with Crippen molar-refractivity contribution in [3.8, 4) is 17.6 Å². The summed E-state index contributed by atoms with van der Waals surface area (Å²) in [6, 6.07) is 16.7. The van der Waals surface area contributed by atoms with Crippen LogP contribution in [-0.2, 0) is 6.42 Å². The number of methoxy groups -OCH3 is 2. The molecule has 1 aliphatic carbocycles. The summed E-state index contributed by atoms with van der Waals surface area (Å²) in [4.78, 5) is 0. The number of fused-ring (bicyclic) bond motifs is 1. The van der Waals surface area contributed by atoms with Gasteiger partial charge in [0.2, 0.25) is 0 Å². The van der Waals surface area contributed by atoms with Crippen molar-refractivity contribution in [2.45, 2.75) is 18.8 Å². The maximum absolute atomic E-state index is 9.18. The lowest BCUT2D eigenvalue weighted by Crippen LogP contribution is -2.04. The molecule has 0 amide bonds. The Hall–Kier alpha value is -2.73. The number of nitriles is 1. The van der Waals surface area contributed by atoms with Crippen LogP contribution >= 0.6 is 0 Å². The van der Waals surface area contributed by atoms with E-state index in [9.17, 15) is 5.26 Å². The first-order valence-electron chi connectivity index (χ1n) is 8.11. The highest BCUT2D eigenvalue weighted by molar-refractivity contribution is 5.56. The van der Waals surface area contributed by atoms with Crippen molar-refractivity contribution in [2.24, 2.45) is 5.92 Å². The Labute approximate surface area is 143 Å². The summed E-state index contributed by atoms with van der Waals surface area (Å²) >= 11 is 0. The monoisotopic (exact) mass is 319 g/mol. The molecule has 2 aromatic carbocycles. The highest BCUT2D eigenvalue weighted by Crippen LogP contribution is 2.41. The zero-order valence-corrected chi connectivity index (χ0v) is 14.0. The zero-order chi connectivity index (χ0) is 16.9. The lowest BCUT2D eigenvalue weighted by atomic mass is 9.89. The van der Waals surface area contributed by atoms with E-state index in [0.717, 1.165) is 23.5 Å². The van der Waals surface area contributed by atoms with Crippen molar-refractivity contribution in [1.29, 1.82) is 5.26 Å². The minimum absolute atomic E-state index is 0.280. The third kappa shape index (κ3) is 3.14. The van der Waals surface area contributed by atoms with E-state index in [1.807, 2.05) is 18.2 Å². The van der Waals surface area contributed by atoms with Crippen LogP contribution in [0.3, 0.4) is 0 Å². The minimum Gasteiger partial charge on any atom is -0.493 e. The van der Waals surface area contributed by atoms with Gasteiger partial charge in [-0.1, -0.05) is 42.5 Å². The van der Waals surface area contributed by atoms with Crippen LogP contribution < -0.4 is 9.47 Å². The molecule has 1 aliphatic rings. The molecule has 3 rings (SSSR count). The van der Waals surface area contributed by atoms with Crippen molar-refractivity contribution in [3.05, 3.63) is 65.2 Å². The average molecular weight is 319 g/mol. The first kappa shape index (κ1) is 16.1. The number of nitrogens with zero attached hydrogens (tertiary/aromatic N) is 1. The summed E-state index contributed by atoms with van der Waals surface area (Å²) in [5.74, 6) is 2.09. The molecule has 0 fully saturated rings. The molecule has 3 nitrogen and oxygen atoms in total. The van der Waals surface area contributed by atoms with Crippen molar-refractivity contribution in [1.82, 2.24) is 0 Å². The lowest BCUT2D eigenvalue weighted by Gasteiger charge is -2.14. The third-order valence-electron chi connectivity index (χ3n) is 4.68. The molecule has 1 unspecified atom stereocenters. The maximum atomic E-state index is 9.18. The van der Waals surface area contributed by atoms with Gasteiger partial charge in [0.1, 0.15) is 0 Å².